The lowest BCUT2D eigenvalue weighted by molar-refractivity contribution is 0.0500. The number of hydrogen-bond donors (Lipinski definition) is 1. The quantitative estimate of drug-likeness (QED) is 0.909. The van der Waals surface area contributed by atoms with Crippen molar-refractivity contribution in [2.24, 2.45) is 0 Å². The number of carbonyl (C=O) groups is 1. The number of rotatable bonds is 2. The first-order valence-electron chi connectivity index (χ1n) is 7.05. The zero-order valence-electron chi connectivity index (χ0n) is 12.6. The Morgan fingerprint density at radius 1 is 1.48 bits per heavy atom. The topological polar surface area (TPSA) is 67.3 Å². The van der Waals surface area contributed by atoms with Gasteiger partial charge in [0.1, 0.15) is 16.6 Å². The highest BCUT2D eigenvalue weighted by molar-refractivity contribution is 6.29. The summed E-state index contributed by atoms with van der Waals surface area (Å²) in [7, 11) is 0. The van der Waals surface area contributed by atoms with Crippen molar-refractivity contribution in [3.63, 3.8) is 0 Å². The van der Waals surface area contributed by atoms with Crippen LogP contribution in [-0.4, -0.2) is 40.8 Å². The zero-order valence-corrected chi connectivity index (χ0v) is 13.4. The van der Waals surface area contributed by atoms with Crippen molar-refractivity contribution in [2.45, 2.75) is 45.3 Å². The highest BCUT2D eigenvalue weighted by atomic mass is 35.5. The number of nitrogens with zero attached hydrogens (tertiary/aromatic N) is 3. The zero-order chi connectivity index (χ0) is 15.5. The molecule has 7 heteroatoms. The molecule has 1 aromatic rings. The first kappa shape index (κ1) is 15.8. The summed E-state index contributed by atoms with van der Waals surface area (Å²) < 4.78 is 5.28. The molecule has 1 aliphatic heterocycles. The van der Waals surface area contributed by atoms with Crippen molar-refractivity contribution < 1.29 is 9.53 Å². The molecule has 116 valence electrons. The molecule has 0 saturated carbocycles. The molecule has 1 saturated heterocycles. The molecule has 1 aromatic heterocycles. The Labute approximate surface area is 129 Å². The van der Waals surface area contributed by atoms with Gasteiger partial charge >= 0.3 is 6.09 Å². The minimum atomic E-state index is -0.489. The lowest BCUT2D eigenvalue weighted by atomic mass is 10.1. The van der Waals surface area contributed by atoms with Gasteiger partial charge in [0.05, 0.1) is 12.4 Å². The lowest BCUT2D eigenvalue weighted by Gasteiger charge is -2.34. The lowest BCUT2D eigenvalue weighted by Crippen LogP contribution is -2.49. The van der Waals surface area contributed by atoms with E-state index in [2.05, 4.69) is 20.2 Å². The predicted molar refractivity (Wildman–Crippen MR) is 81.6 cm³/mol. The number of ether oxygens (including phenoxy) is 1. The second-order valence-electron chi connectivity index (χ2n) is 6.13. The van der Waals surface area contributed by atoms with E-state index >= 15 is 0 Å². The van der Waals surface area contributed by atoms with Crippen LogP contribution in [0.2, 0.25) is 5.15 Å². The normalized spacial score (nSPS) is 19.2. The number of piperidine rings is 1. The van der Waals surface area contributed by atoms with Crippen LogP contribution in [0.1, 0.15) is 33.6 Å². The number of halogens is 1. The van der Waals surface area contributed by atoms with Gasteiger partial charge in [0.15, 0.2) is 0 Å². The fourth-order valence-electron chi connectivity index (χ4n) is 2.26. The van der Waals surface area contributed by atoms with E-state index in [1.54, 1.807) is 6.20 Å². The number of amides is 1. The van der Waals surface area contributed by atoms with Crippen molar-refractivity contribution in [1.82, 2.24) is 15.3 Å². The molecule has 1 atom stereocenters. The molecular formula is C14H21ClN4O2. The molecule has 1 unspecified atom stereocenters. The largest absolute Gasteiger partial charge is 0.444 e. The molecular weight excluding hydrogens is 292 g/mol. The Kier molecular flexibility index (Phi) is 4.88. The average Bonchev–Trinajstić information content (AvgIpc) is 2.36. The Balaban J connectivity index is 1.93. The molecule has 0 aliphatic carbocycles. The molecule has 0 radical (unpaired) electrons. The molecule has 2 heterocycles. The van der Waals surface area contributed by atoms with Crippen molar-refractivity contribution in [3.8, 4) is 0 Å². The van der Waals surface area contributed by atoms with E-state index in [9.17, 15) is 4.79 Å². The SMILES string of the molecule is CC(C)(C)OC(=O)NC1CCCN(c2cncc(Cl)n2)C1. The highest BCUT2D eigenvalue weighted by Gasteiger charge is 2.25. The molecule has 0 bridgehead atoms. The molecule has 0 aromatic carbocycles. The van der Waals surface area contributed by atoms with Gasteiger partial charge in [-0.2, -0.15) is 0 Å². The number of alkyl carbamates (subject to hydrolysis) is 1. The number of anilines is 1. The van der Waals surface area contributed by atoms with Gasteiger partial charge in [0.25, 0.3) is 0 Å². The van der Waals surface area contributed by atoms with Crippen LogP contribution >= 0.6 is 11.6 Å². The fraction of sp³-hybridized carbons (Fsp3) is 0.643. The molecule has 2 rings (SSSR count). The van der Waals surface area contributed by atoms with Crippen molar-refractivity contribution in [2.75, 3.05) is 18.0 Å². The Bertz CT molecular complexity index is 504. The van der Waals surface area contributed by atoms with Crippen LogP contribution in [0, 0.1) is 0 Å². The summed E-state index contributed by atoms with van der Waals surface area (Å²) in [4.78, 5) is 22.2. The van der Waals surface area contributed by atoms with Gasteiger partial charge in [0, 0.05) is 19.1 Å². The van der Waals surface area contributed by atoms with Gasteiger partial charge < -0.3 is 15.0 Å². The van der Waals surface area contributed by atoms with Crippen LogP contribution in [-0.2, 0) is 4.74 Å². The summed E-state index contributed by atoms with van der Waals surface area (Å²) in [6.45, 7) is 7.10. The Morgan fingerprint density at radius 2 is 2.24 bits per heavy atom. The van der Waals surface area contributed by atoms with Crippen LogP contribution in [0.5, 0.6) is 0 Å². The molecule has 6 nitrogen and oxygen atoms in total. The fourth-order valence-corrected chi connectivity index (χ4v) is 2.41. The molecule has 1 amide bonds. The molecule has 21 heavy (non-hydrogen) atoms. The van der Waals surface area contributed by atoms with Crippen molar-refractivity contribution >= 4 is 23.5 Å². The first-order valence-corrected chi connectivity index (χ1v) is 7.43. The van der Waals surface area contributed by atoms with Gasteiger partial charge in [-0.05, 0) is 33.6 Å². The average molecular weight is 313 g/mol. The third-order valence-corrected chi connectivity index (χ3v) is 3.24. The first-order chi connectivity index (χ1) is 9.83. The Hall–Kier alpha value is -1.56. The minimum Gasteiger partial charge on any atom is -0.444 e. The number of nitrogens with one attached hydrogen (secondary N) is 1. The summed E-state index contributed by atoms with van der Waals surface area (Å²) in [5.41, 5.74) is -0.489. The van der Waals surface area contributed by atoms with Gasteiger partial charge in [-0.15, -0.1) is 0 Å². The van der Waals surface area contributed by atoms with Crippen molar-refractivity contribution in [3.05, 3.63) is 17.5 Å². The molecule has 1 aliphatic rings. The van der Waals surface area contributed by atoms with Crippen LogP contribution < -0.4 is 10.2 Å². The second kappa shape index (κ2) is 6.47. The maximum absolute atomic E-state index is 11.8. The van der Waals surface area contributed by atoms with Crippen LogP contribution in [0.4, 0.5) is 10.6 Å². The van der Waals surface area contributed by atoms with Gasteiger partial charge in [0.2, 0.25) is 0 Å². The van der Waals surface area contributed by atoms with Gasteiger partial charge in [-0.1, -0.05) is 11.6 Å². The summed E-state index contributed by atoms with van der Waals surface area (Å²) >= 11 is 5.87. The number of aromatic nitrogens is 2. The molecule has 0 spiro atoms. The summed E-state index contributed by atoms with van der Waals surface area (Å²) in [6, 6.07) is 0.0365. The van der Waals surface area contributed by atoms with Gasteiger partial charge in [-0.25, -0.2) is 9.78 Å². The van der Waals surface area contributed by atoms with E-state index in [0.717, 1.165) is 25.2 Å². The summed E-state index contributed by atoms with van der Waals surface area (Å²) in [5.74, 6) is 0.734. The van der Waals surface area contributed by atoms with Crippen LogP contribution in [0.15, 0.2) is 12.4 Å². The second-order valence-corrected chi connectivity index (χ2v) is 6.52. The van der Waals surface area contributed by atoms with Crippen LogP contribution in [0.3, 0.4) is 0 Å². The van der Waals surface area contributed by atoms with E-state index in [1.807, 2.05) is 20.8 Å². The summed E-state index contributed by atoms with van der Waals surface area (Å²) in [5, 5.41) is 3.28. The monoisotopic (exact) mass is 312 g/mol. The smallest absolute Gasteiger partial charge is 0.407 e. The number of carbonyl (C=O) groups excluding carboxylic acids is 1. The van der Waals surface area contributed by atoms with E-state index in [0.29, 0.717) is 11.7 Å². The maximum atomic E-state index is 11.8. The van der Waals surface area contributed by atoms with E-state index in [4.69, 9.17) is 16.3 Å². The van der Waals surface area contributed by atoms with Crippen LogP contribution in [0.25, 0.3) is 0 Å². The van der Waals surface area contributed by atoms with Crippen molar-refractivity contribution in [1.29, 1.82) is 0 Å². The standard InChI is InChI=1S/C14H21ClN4O2/c1-14(2,3)21-13(20)17-10-5-4-6-19(9-10)12-8-16-7-11(15)18-12/h7-8,10H,4-6,9H2,1-3H3,(H,17,20). The third kappa shape index (κ3) is 5.04. The predicted octanol–water partition coefficient (Wildman–Crippen LogP) is 2.62. The third-order valence-electron chi connectivity index (χ3n) is 3.06. The van der Waals surface area contributed by atoms with Gasteiger partial charge in [-0.3, -0.25) is 4.98 Å². The highest BCUT2D eigenvalue weighted by Crippen LogP contribution is 2.19. The molecule has 1 fully saturated rings. The maximum Gasteiger partial charge on any atom is 0.407 e. The summed E-state index contributed by atoms with van der Waals surface area (Å²) in [6.07, 6.45) is 4.69. The van der Waals surface area contributed by atoms with E-state index in [1.165, 1.54) is 6.20 Å². The van der Waals surface area contributed by atoms with E-state index in [-0.39, 0.29) is 12.1 Å². The Morgan fingerprint density at radius 3 is 2.90 bits per heavy atom. The minimum absolute atomic E-state index is 0.0365. The number of hydrogen-bond acceptors (Lipinski definition) is 5. The van der Waals surface area contributed by atoms with E-state index < -0.39 is 5.60 Å². The molecule has 1 N–H and O–H groups in total.